The van der Waals surface area contributed by atoms with Crippen LogP contribution in [0.4, 0.5) is 13.2 Å². The number of amides is 1. The molecule has 0 saturated carbocycles. The molecule has 0 aliphatic carbocycles. The van der Waals surface area contributed by atoms with Gasteiger partial charge in [0.2, 0.25) is 10.0 Å². The van der Waals surface area contributed by atoms with E-state index in [1.807, 2.05) is 42.5 Å². The number of halogens is 3. The number of carbonyl (C=O) groups is 2. The fourth-order valence-corrected chi connectivity index (χ4v) is 9.12. The summed E-state index contributed by atoms with van der Waals surface area (Å²) in [7, 11) is -7.75. The van der Waals surface area contributed by atoms with Crippen LogP contribution in [-0.4, -0.2) is 68.4 Å². The summed E-state index contributed by atoms with van der Waals surface area (Å²) in [4.78, 5) is 28.2. The van der Waals surface area contributed by atoms with E-state index in [9.17, 15) is 44.7 Å². The van der Waals surface area contributed by atoms with E-state index in [1.54, 1.807) is 24.3 Å². The molecule has 1 aliphatic heterocycles. The second-order valence-electron chi connectivity index (χ2n) is 13.4. The number of carbonyl (C=O) groups excluding carboxylic acids is 1. The normalized spacial score (nSPS) is 15.7. The predicted octanol–water partition coefficient (Wildman–Crippen LogP) is 7.95. The van der Waals surface area contributed by atoms with Crippen molar-refractivity contribution in [2.75, 3.05) is 19.3 Å². The van der Waals surface area contributed by atoms with Crippen molar-refractivity contribution in [3.05, 3.63) is 144 Å². The Morgan fingerprint density at radius 3 is 1.78 bits per heavy atom. The molecule has 2 atom stereocenters. The Bertz CT molecular complexity index is 2370. The maximum atomic E-state index is 14.6. The molecular weight excluding hydrogens is 754 g/mol. The standard InChI is InChI=1S/C41H37F3N2O7S2/c1-54(50,51)36-21-23-37(24-22-36)55(52,53)46-25-5-8-35(46)27-45(38(26-39(47)48)32-13-9-29(10-14-32)28-6-3-2-4-7-28)40(49)33-15-11-30(12-16-33)31-17-19-34(20-18-31)41(42,43)44/h2-4,6-7,9-24,35,38H,5,8,25-27H2,1H3,(H,47,48)/t35-,38?/m0/s1. The Morgan fingerprint density at radius 1 is 0.745 bits per heavy atom. The van der Waals surface area contributed by atoms with Crippen LogP contribution in [-0.2, 0) is 30.8 Å². The summed E-state index contributed by atoms with van der Waals surface area (Å²) in [5, 5.41) is 10.1. The maximum absolute atomic E-state index is 14.6. The van der Waals surface area contributed by atoms with Gasteiger partial charge in [0.25, 0.3) is 5.91 Å². The molecule has 1 heterocycles. The summed E-state index contributed by atoms with van der Waals surface area (Å²) in [5.41, 5.74) is 2.71. The van der Waals surface area contributed by atoms with Crippen molar-refractivity contribution in [1.29, 1.82) is 0 Å². The van der Waals surface area contributed by atoms with Gasteiger partial charge in [0.1, 0.15) is 0 Å². The van der Waals surface area contributed by atoms with E-state index < -0.39 is 62.0 Å². The monoisotopic (exact) mass is 790 g/mol. The van der Waals surface area contributed by atoms with Gasteiger partial charge in [-0.2, -0.15) is 17.5 Å². The van der Waals surface area contributed by atoms with Crippen molar-refractivity contribution in [3.63, 3.8) is 0 Å². The molecule has 1 amide bonds. The number of rotatable bonds is 12. The number of nitrogens with zero attached hydrogens (tertiary/aromatic N) is 2. The summed E-state index contributed by atoms with van der Waals surface area (Å²) in [6.07, 6.45) is -3.14. The van der Waals surface area contributed by atoms with E-state index in [4.69, 9.17) is 0 Å². The lowest BCUT2D eigenvalue weighted by atomic mass is 9.96. The van der Waals surface area contributed by atoms with Crippen molar-refractivity contribution in [2.45, 2.75) is 47.3 Å². The van der Waals surface area contributed by atoms with Gasteiger partial charge in [-0.1, -0.05) is 78.9 Å². The summed E-state index contributed by atoms with van der Waals surface area (Å²) >= 11 is 0. The number of sulfonamides is 1. The molecule has 0 bridgehead atoms. The van der Waals surface area contributed by atoms with E-state index in [0.29, 0.717) is 29.5 Å². The minimum absolute atomic E-state index is 0.0414. The third-order valence-corrected chi connectivity index (χ3v) is 12.8. The maximum Gasteiger partial charge on any atom is 0.416 e. The van der Waals surface area contributed by atoms with Crippen LogP contribution in [0.5, 0.6) is 0 Å². The first kappa shape index (κ1) is 39.4. The highest BCUT2D eigenvalue weighted by molar-refractivity contribution is 7.90. The topological polar surface area (TPSA) is 129 Å². The summed E-state index contributed by atoms with van der Waals surface area (Å²) < 4.78 is 92.7. The molecule has 1 N–H and O–H groups in total. The van der Waals surface area contributed by atoms with E-state index in [2.05, 4.69) is 0 Å². The number of benzene rings is 5. The van der Waals surface area contributed by atoms with Gasteiger partial charge in [-0.3, -0.25) is 9.59 Å². The Labute approximate surface area is 317 Å². The van der Waals surface area contributed by atoms with Crippen molar-refractivity contribution in [2.24, 2.45) is 0 Å². The average Bonchev–Trinajstić information content (AvgIpc) is 3.65. The Morgan fingerprint density at radius 2 is 1.25 bits per heavy atom. The van der Waals surface area contributed by atoms with Crippen LogP contribution in [0.25, 0.3) is 22.3 Å². The van der Waals surface area contributed by atoms with Crippen molar-refractivity contribution >= 4 is 31.7 Å². The molecular formula is C41H37F3N2O7S2. The first-order valence-electron chi connectivity index (χ1n) is 17.3. The van der Waals surface area contributed by atoms with Crippen molar-refractivity contribution < 1.29 is 44.7 Å². The molecule has 1 aliphatic rings. The third-order valence-electron chi connectivity index (χ3n) is 9.67. The molecule has 286 valence electrons. The van der Waals surface area contributed by atoms with Crippen molar-refractivity contribution in [1.82, 2.24) is 9.21 Å². The van der Waals surface area contributed by atoms with Crippen LogP contribution < -0.4 is 0 Å². The van der Waals surface area contributed by atoms with Gasteiger partial charge in [-0.25, -0.2) is 16.8 Å². The van der Waals surface area contributed by atoms with Crippen molar-refractivity contribution in [3.8, 4) is 22.3 Å². The van der Waals surface area contributed by atoms with Gasteiger partial charge < -0.3 is 10.0 Å². The van der Waals surface area contributed by atoms with E-state index in [-0.39, 0.29) is 28.4 Å². The van der Waals surface area contributed by atoms with Crippen LogP contribution in [0.1, 0.15) is 46.8 Å². The van der Waals surface area contributed by atoms with Gasteiger partial charge in [-0.05, 0) is 89.2 Å². The number of carboxylic acids is 1. The third kappa shape index (κ3) is 8.98. The average molecular weight is 791 g/mol. The Kier molecular flexibility index (Phi) is 11.3. The smallest absolute Gasteiger partial charge is 0.416 e. The second kappa shape index (κ2) is 15.8. The SMILES string of the molecule is CS(=O)(=O)c1ccc(S(=O)(=O)N2CCC[C@H]2CN(C(=O)c2ccc(-c3ccc(C(F)(F)F)cc3)cc2)C(CC(=O)O)c2ccc(-c3ccccc3)cc2)cc1. The number of aliphatic carboxylic acids is 1. The first-order valence-corrected chi connectivity index (χ1v) is 20.6. The highest BCUT2D eigenvalue weighted by Crippen LogP contribution is 2.35. The molecule has 1 saturated heterocycles. The van der Waals surface area contributed by atoms with Crippen LogP contribution in [0.15, 0.2) is 137 Å². The summed E-state index contributed by atoms with van der Waals surface area (Å²) in [5.74, 6) is -1.76. The second-order valence-corrected chi connectivity index (χ2v) is 17.3. The van der Waals surface area contributed by atoms with Crippen LogP contribution in [0.2, 0.25) is 0 Å². The largest absolute Gasteiger partial charge is 0.481 e. The zero-order valence-electron chi connectivity index (χ0n) is 29.6. The van der Waals surface area contributed by atoms with Gasteiger partial charge in [0.15, 0.2) is 9.84 Å². The summed E-state index contributed by atoms with van der Waals surface area (Å²) in [6.45, 7) is -0.0431. The summed E-state index contributed by atoms with van der Waals surface area (Å²) in [6, 6.07) is 30.6. The highest BCUT2D eigenvalue weighted by Gasteiger charge is 2.39. The molecule has 1 fully saturated rings. The van der Waals surface area contributed by atoms with Gasteiger partial charge >= 0.3 is 12.1 Å². The molecule has 0 spiro atoms. The Balaban J connectivity index is 1.36. The number of alkyl halides is 3. The zero-order chi connectivity index (χ0) is 39.5. The van der Waals surface area contributed by atoms with Crippen LogP contribution >= 0.6 is 0 Å². The molecule has 0 radical (unpaired) electrons. The number of sulfone groups is 1. The lowest BCUT2D eigenvalue weighted by Crippen LogP contribution is -2.47. The number of hydrogen-bond acceptors (Lipinski definition) is 6. The van der Waals surface area contributed by atoms with Gasteiger partial charge in [0.05, 0.1) is 27.8 Å². The molecule has 5 aromatic rings. The lowest BCUT2D eigenvalue weighted by molar-refractivity contribution is -0.139. The van der Waals surface area contributed by atoms with Gasteiger partial charge in [0, 0.05) is 31.0 Å². The fourth-order valence-electron chi connectivity index (χ4n) is 6.81. The van der Waals surface area contributed by atoms with E-state index in [1.165, 1.54) is 57.7 Å². The van der Waals surface area contributed by atoms with E-state index >= 15 is 0 Å². The van der Waals surface area contributed by atoms with Crippen LogP contribution in [0, 0.1) is 0 Å². The molecule has 14 heteroatoms. The van der Waals surface area contributed by atoms with E-state index in [0.717, 1.165) is 29.5 Å². The molecule has 9 nitrogen and oxygen atoms in total. The minimum atomic E-state index is -4.50. The molecule has 0 aromatic heterocycles. The predicted molar refractivity (Wildman–Crippen MR) is 201 cm³/mol. The minimum Gasteiger partial charge on any atom is -0.481 e. The number of carboxylic acid groups (broad SMARTS) is 1. The molecule has 5 aromatic carbocycles. The highest BCUT2D eigenvalue weighted by atomic mass is 32.2. The first-order chi connectivity index (χ1) is 26.0. The molecule has 1 unspecified atom stereocenters. The molecule has 6 rings (SSSR count). The molecule has 55 heavy (non-hydrogen) atoms. The number of hydrogen-bond donors (Lipinski definition) is 1. The van der Waals surface area contributed by atoms with Crippen LogP contribution in [0.3, 0.4) is 0 Å². The zero-order valence-corrected chi connectivity index (χ0v) is 31.2. The van der Waals surface area contributed by atoms with Gasteiger partial charge in [-0.15, -0.1) is 0 Å². The fraction of sp³-hybridized carbons (Fsp3) is 0.220. The Hall–Kier alpha value is -5.31. The lowest BCUT2D eigenvalue weighted by Gasteiger charge is -2.36. The quantitative estimate of drug-likeness (QED) is 0.136.